The Balaban J connectivity index is 1.58. The fourth-order valence-electron chi connectivity index (χ4n) is 4.55. The van der Waals surface area contributed by atoms with Gasteiger partial charge in [0.2, 0.25) is 15.9 Å². The summed E-state index contributed by atoms with van der Waals surface area (Å²) in [7, 11) is -3.74. The van der Waals surface area contributed by atoms with Crippen LogP contribution in [0.25, 0.3) is 0 Å². The van der Waals surface area contributed by atoms with Gasteiger partial charge in [-0.05, 0) is 75.4 Å². The molecule has 2 N–H and O–H groups in total. The Bertz CT molecular complexity index is 1090. The van der Waals surface area contributed by atoms with Crippen molar-refractivity contribution in [3.05, 3.63) is 78.4 Å². The highest BCUT2D eigenvalue weighted by atomic mass is 32.2. The van der Waals surface area contributed by atoms with Gasteiger partial charge in [-0.2, -0.15) is 4.31 Å². The first-order valence-corrected chi connectivity index (χ1v) is 13.0. The van der Waals surface area contributed by atoms with Crippen molar-refractivity contribution in [3.63, 3.8) is 0 Å². The number of hydrogen-bond acceptors (Lipinski definition) is 4. The molecule has 2 amide bonds. The van der Waals surface area contributed by atoms with Crippen molar-refractivity contribution in [1.29, 1.82) is 0 Å². The molecule has 0 spiro atoms. The van der Waals surface area contributed by atoms with Crippen LogP contribution in [0.5, 0.6) is 0 Å². The summed E-state index contributed by atoms with van der Waals surface area (Å²) in [6, 6.07) is 15.5. The van der Waals surface area contributed by atoms with E-state index in [-0.39, 0.29) is 34.8 Å². The van der Waals surface area contributed by atoms with Gasteiger partial charge in [-0.1, -0.05) is 36.9 Å². The largest absolute Gasteiger partial charge is 0.352 e. The molecule has 34 heavy (non-hydrogen) atoms. The first-order chi connectivity index (χ1) is 16.2. The second-order valence-electron chi connectivity index (χ2n) is 8.78. The molecule has 2 aromatic rings. The van der Waals surface area contributed by atoms with Gasteiger partial charge in [-0.15, -0.1) is 0 Å². The van der Waals surface area contributed by atoms with Crippen molar-refractivity contribution < 1.29 is 18.0 Å². The zero-order chi connectivity index (χ0) is 24.7. The van der Waals surface area contributed by atoms with Gasteiger partial charge >= 0.3 is 0 Å². The molecule has 1 fully saturated rings. The van der Waals surface area contributed by atoms with Crippen LogP contribution in [-0.4, -0.2) is 49.2 Å². The molecule has 1 saturated heterocycles. The van der Waals surface area contributed by atoms with Crippen molar-refractivity contribution in [1.82, 2.24) is 14.9 Å². The van der Waals surface area contributed by atoms with Crippen LogP contribution in [0.15, 0.2) is 72.1 Å². The van der Waals surface area contributed by atoms with E-state index in [1.54, 1.807) is 12.1 Å². The minimum atomic E-state index is -3.74. The summed E-state index contributed by atoms with van der Waals surface area (Å²) in [4.78, 5) is 24.2. The fourth-order valence-corrected chi connectivity index (χ4v) is 6.40. The Hall–Kier alpha value is -2.97. The Morgan fingerprint density at radius 2 is 1.65 bits per heavy atom. The minimum absolute atomic E-state index is 0.102. The Kier molecular flexibility index (Phi) is 8.63. The number of amides is 2. The van der Waals surface area contributed by atoms with Gasteiger partial charge in [-0.25, -0.2) is 8.42 Å². The second kappa shape index (κ2) is 11.4. The van der Waals surface area contributed by atoms with Crippen LogP contribution in [0.1, 0.15) is 49.0 Å². The standard InChI is InChI=1S/C26H33N3O4S/c1-4-25(30)28-23-17-19(2)29(20(3)18-23)34(32,33)24-14-12-22(13-15-24)26(31)27-16-8-11-21-9-6-5-7-10-21/h4-7,9-10,12-15,19-20,23H,1,8,11,16-18H2,2-3H3,(H,27,31)(H,28,30). The summed E-state index contributed by atoms with van der Waals surface area (Å²) >= 11 is 0. The molecule has 0 bridgehead atoms. The molecule has 0 aliphatic carbocycles. The lowest BCUT2D eigenvalue weighted by atomic mass is 9.95. The predicted molar refractivity (Wildman–Crippen MR) is 133 cm³/mol. The first-order valence-electron chi connectivity index (χ1n) is 11.6. The number of aryl methyl sites for hydroxylation is 1. The molecule has 1 heterocycles. The number of piperidine rings is 1. The molecule has 1 aliphatic rings. The molecule has 0 radical (unpaired) electrons. The Labute approximate surface area is 202 Å². The Morgan fingerprint density at radius 1 is 1.03 bits per heavy atom. The first kappa shape index (κ1) is 25.6. The highest BCUT2D eigenvalue weighted by molar-refractivity contribution is 7.89. The van der Waals surface area contributed by atoms with E-state index in [2.05, 4.69) is 29.3 Å². The third-order valence-corrected chi connectivity index (χ3v) is 8.26. The summed E-state index contributed by atoms with van der Waals surface area (Å²) in [5, 5.41) is 5.76. The molecule has 7 nitrogen and oxygen atoms in total. The van der Waals surface area contributed by atoms with E-state index >= 15 is 0 Å². The van der Waals surface area contributed by atoms with Crippen LogP contribution in [0.3, 0.4) is 0 Å². The minimum Gasteiger partial charge on any atom is -0.352 e. The van der Waals surface area contributed by atoms with E-state index in [4.69, 9.17) is 0 Å². The van der Waals surface area contributed by atoms with Crippen molar-refractivity contribution in [3.8, 4) is 0 Å². The SMILES string of the molecule is C=CC(=O)NC1CC(C)N(S(=O)(=O)c2ccc(C(=O)NCCCc3ccccc3)cc2)C(C)C1. The molecule has 2 atom stereocenters. The molecule has 1 aliphatic heterocycles. The maximum absolute atomic E-state index is 13.3. The second-order valence-corrected chi connectivity index (χ2v) is 10.6. The summed E-state index contributed by atoms with van der Waals surface area (Å²) < 4.78 is 28.2. The lowest BCUT2D eigenvalue weighted by Crippen LogP contribution is -2.54. The fraction of sp³-hybridized carbons (Fsp3) is 0.385. The molecule has 182 valence electrons. The number of benzene rings is 2. The van der Waals surface area contributed by atoms with E-state index < -0.39 is 10.0 Å². The smallest absolute Gasteiger partial charge is 0.251 e. The summed E-state index contributed by atoms with van der Waals surface area (Å²) in [5.41, 5.74) is 1.65. The van der Waals surface area contributed by atoms with E-state index in [0.717, 1.165) is 12.8 Å². The number of nitrogens with zero attached hydrogens (tertiary/aromatic N) is 1. The normalized spacial score (nSPS) is 20.9. The number of sulfonamides is 1. The molecular formula is C26H33N3O4S. The van der Waals surface area contributed by atoms with E-state index in [1.807, 2.05) is 32.0 Å². The summed E-state index contributed by atoms with van der Waals surface area (Å²) in [6.07, 6.45) is 3.96. The van der Waals surface area contributed by atoms with Gasteiger partial charge in [0.15, 0.2) is 0 Å². The molecule has 3 rings (SSSR count). The highest BCUT2D eigenvalue weighted by Crippen LogP contribution is 2.30. The van der Waals surface area contributed by atoms with Crippen LogP contribution in [-0.2, 0) is 21.2 Å². The van der Waals surface area contributed by atoms with Gasteiger partial charge in [0.25, 0.3) is 5.91 Å². The predicted octanol–water partition coefficient (Wildman–Crippen LogP) is 3.28. The van der Waals surface area contributed by atoms with Crippen LogP contribution >= 0.6 is 0 Å². The van der Waals surface area contributed by atoms with Crippen molar-refractivity contribution in [2.45, 2.75) is 62.6 Å². The number of carbonyl (C=O) groups is 2. The third kappa shape index (κ3) is 6.33. The number of carbonyl (C=O) groups excluding carboxylic acids is 2. The number of rotatable bonds is 9. The average molecular weight is 484 g/mol. The number of hydrogen-bond donors (Lipinski definition) is 2. The van der Waals surface area contributed by atoms with Gasteiger partial charge in [0.05, 0.1) is 4.90 Å². The quantitative estimate of drug-likeness (QED) is 0.423. The van der Waals surface area contributed by atoms with Gasteiger partial charge in [0, 0.05) is 30.2 Å². The van der Waals surface area contributed by atoms with Crippen molar-refractivity contribution in [2.75, 3.05) is 6.54 Å². The van der Waals surface area contributed by atoms with E-state index in [0.29, 0.717) is 24.9 Å². The van der Waals surface area contributed by atoms with Crippen LogP contribution in [0.2, 0.25) is 0 Å². The molecule has 2 aromatic carbocycles. The maximum atomic E-state index is 13.3. The third-order valence-electron chi connectivity index (χ3n) is 6.11. The molecule has 0 aromatic heterocycles. The lowest BCUT2D eigenvalue weighted by Gasteiger charge is -2.41. The highest BCUT2D eigenvalue weighted by Gasteiger charge is 2.39. The topological polar surface area (TPSA) is 95.6 Å². The van der Waals surface area contributed by atoms with Crippen molar-refractivity contribution >= 4 is 21.8 Å². The average Bonchev–Trinajstić information content (AvgIpc) is 2.81. The monoisotopic (exact) mass is 483 g/mol. The van der Waals surface area contributed by atoms with Crippen LogP contribution < -0.4 is 10.6 Å². The summed E-state index contributed by atoms with van der Waals surface area (Å²) in [6.45, 7) is 7.70. The molecular weight excluding hydrogens is 450 g/mol. The lowest BCUT2D eigenvalue weighted by molar-refractivity contribution is -0.117. The maximum Gasteiger partial charge on any atom is 0.251 e. The van der Waals surface area contributed by atoms with Crippen LogP contribution in [0, 0.1) is 0 Å². The van der Waals surface area contributed by atoms with Gasteiger partial charge in [-0.3, -0.25) is 9.59 Å². The van der Waals surface area contributed by atoms with Crippen LogP contribution in [0.4, 0.5) is 0 Å². The van der Waals surface area contributed by atoms with Crippen molar-refractivity contribution in [2.24, 2.45) is 0 Å². The number of nitrogens with one attached hydrogen (secondary N) is 2. The van der Waals surface area contributed by atoms with E-state index in [1.165, 1.54) is 28.1 Å². The zero-order valence-corrected chi connectivity index (χ0v) is 20.6. The zero-order valence-electron chi connectivity index (χ0n) is 19.7. The molecule has 2 unspecified atom stereocenters. The molecule has 0 saturated carbocycles. The Morgan fingerprint density at radius 3 is 2.24 bits per heavy atom. The van der Waals surface area contributed by atoms with E-state index in [9.17, 15) is 18.0 Å². The molecule has 8 heteroatoms. The summed E-state index contributed by atoms with van der Waals surface area (Å²) in [5.74, 6) is -0.479. The van der Waals surface area contributed by atoms with Gasteiger partial charge in [0.1, 0.15) is 0 Å². The van der Waals surface area contributed by atoms with Gasteiger partial charge < -0.3 is 10.6 Å².